The SMILES string of the molecule is C[C@H]1CN(CCN)C[C@H](C)O1.Cl.Cl. The Morgan fingerprint density at radius 3 is 2.08 bits per heavy atom. The average molecular weight is 231 g/mol. The maximum Gasteiger partial charge on any atom is 0.0678 e. The number of nitrogens with two attached hydrogens (primary N) is 1. The quantitative estimate of drug-likeness (QED) is 0.767. The maximum atomic E-state index is 5.58. The fraction of sp³-hybridized carbons (Fsp3) is 1.00. The summed E-state index contributed by atoms with van der Waals surface area (Å²) in [7, 11) is 0. The number of hydrogen-bond acceptors (Lipinski definition) is 3. The summed E-state index contributed by atoms with van der Waals surface area (Å²) in [5.74, 6) is 0. The Kier molecular flexibility index (Phi) is 9.58. The van der Waals surface area contributed by atoms with Crippen LogP contribution in [0.25, 0.3) is 0 Å². The fourth-order valence-electron chi connectivity index (χ4n) is 1.65. The first-order chi connectivity index (χ1) is 5.22. The van der Waals surface area contributed by atoms with Crippen molar-refractivity contribution in [1.29, 1.82) is 0 Å². The first-order valence-corrected chi connectivity index (χ1v) is 4.30. The highest BCUT2D eigenvalue weighted by Gasteiger charge is 2.20. The van der Waals surface area contributed by atoms with Crippen LogP contribution in [0.4, 0.5) is 0 Å². The van der Waals surface area contributed by atoms with Crippen molar-refractivity contribution < 1.29 is 4.74 Å². The molecule has 0 spiro atoms. The highest BCUT2D eigenvalue weighted by molar-refractivity contribution is 5.85. The number of rotatable bonds is 2. The van der Waals surface area contributed by atoms with Crippen molar-refractivity contribution in [3.8, 4) is 0 Å². The van der Waals surface area contributed by atoms with Gasteiger partial charge >= 0.3 is 0 Å². The molecule has 1 aliphatic rings. The lowest BCUT2D eigenvalue weighted by atomic mass is 10.2. The van der Waals surface area contributed by atoms with Gasteiger partial charge in [-0.2, -0.15) is 0 Å². The summed E-state index contributed by atoms with van der Waals surface area (Å²) in [6.45, 7) is 8.03. The standard InChI is InChI=1S/C8H18N2O.2ClH/c1-7-5-10(4-3-9)6-8(2)11-7;;/h7-8H,3-6,9H2,1-2H3;2*1H/t7-,8-;;/m0../s1. The topological polar surface area (TPSA) is 38.5 Å². The number of ether oxygens (including phenoxy) is 1. The van der Waals surface area contributed by atoms with Gasteiger partial charge in [0.25, 0.3) is 0 Å². The minimum Gasteiger partial charge on any atom is -0.373 e. The first kappa shape index (κ1) is 15.9. The van der Waals surface area contributed by atoms with Gasteiger partial charge in [-0.1, -0.05) is 0 Å². The summed E-state index contributed by atoms with van der Waals surface area (Å²) in [4.78, 5) is 2.36. The summed E-state index contributed by atoms with van der Waals surface area (Å²) in [5, 5.41) is 0. The van der Waals surface area contributed by atoms with E-state index in [2.05, 4.69) is 18.7 Å². The van der Waals surface area contributed by atoms with Crippen LogP contribution in [0.1, 0.15) is 13.8 Å². The largest absolute Gasteiger partial charge is 0.373 e. The van der Waals surface area contributed by atoms with Gasteiger partial charge in [0.05, 0.1) is 12.2 Å². The van der Waals surface area contributed by atoms with Crippen molar-refractivity contribution in [1.82, 2.24) is 4.90 Å². The number of morpholine rings is 1. The predicted octanol–water partition coefficient (Wildman–Crippen LogP) is 0.898. The van der Waals surface area contributed by atoms with Gasteiger partial charge in [-0.15, -0.1) is 24.8 Å². The summed E-state index contributed by atoms with van der Waals surface area (Å²) < 4.78 is 5.58. The zero-order valence-corrected chi connectivity index (χ0v) is 9.87. The van der Waals surface area contributed by atoms with E-state index < -0.39 is 0 Å². The molecule has 0 saturated carbocycles. The van der Waals surface area contributed by atoms with Crippen molar-refractivity contribution in [2.45, 2.75) is 26.1 Å². The molecular formula is C8H20Cl2N2O. The van der Waals surface area contributed by atoms with Crippen molar-refractivity contribution in [2.75, 3.05) is 26.2 Å². The minimum absolute atomic E-state index is 0. The van der Waals surface area contributed by atoms with Crippen molar-refractivity contribution >= 4 is 24.8 Å². The van der Waals surface area contributed by atoms with Crippen molar-refractivity contribution in [3.05, 3.63) is 0 Å². The van der Waals surface area contributed by atoms with Gasteiger partial charge in [-0.05, 0) is 13.8 Å². The molecule has 1 fully saturated rings. The summed E-state index contributed by atoms with van der Waals surface area (Å²) in [5.41, 5.74) is 5.47. The molecule has 2 atom stereocenters. The molecule has 0 aromatic rings. The molecule has 0 aromatic carbocycles. The lowest BCUT2D eigenvalue weighted by Gasteiger charge is -2.34. The van der Waals surface area contributed by atoms with Crippen molar-refractivity contribution in [2.24, 2.45) is 5.73 Å². The lowest BCUT2D eigenvalue weighted by molar-refractivity contribution is -0.0669. The molecule has 1 rings (SSSR count). The van der Waals surface area contributed by atoms with Gasteiger partial charge in [-0.3, -0.25) is 4.90 Å². The van der Waals surface area contributed by atoms with Gasteiger partial charge < -0.3 is 10.5 Å². The van der Waals surface area contributed by atoms with Crippen LogP contribution in [0.3, 0.4) is 0 Å². The van der Waals surface area contributed by atoms with E-state index in [1.807, 2.05) is 0 Å². The smallest absolute Gasteiger partial charge is 0.0678 e. The van der Waals surface area contributed by atoms with E-state index in [-0.39, 0.29) is 24.8 Å². The molecule has 3 nitrogen and oxygen atoms in total. The van der Waals surface area contributed by atoms with E-state index in [1.165, 1.54) is 0 Å². The van der Waals surface area contributed by atoms with Crippen LogP contribution in [0.5, 0.6) is 0 Å². The highest BCUT2D eigenvalue weighted by Crippen LogP contribution is 2.09. The van der Waals surface area contributed by atoms with Crippen LogP contribution < -0.4 is 5.73 Å². The molecule has 0 aliphatic carbocycles. The average Bonchev–Trinajstić information content (AvgIpc) is 1.85. The third-order valence-corrected chi connectivity index (χ3v) is 1.94. The lowest BCUT2D eigenvalue weighted by Crippen LogP contribution is -2.46. The molecular weight excluding hydrogens is 211 g/mol. The fourth-order valence-corrected chi connectivity index (χ4v) is 1.65. The Morgan fingerprint density at radius 1 is 1.23 bits per heavy atom. The second-order valence-corrected chi connectivity index (χ2v) is 3.31. The predicted molar refractivity (Wildman–Crippen MR) is 60.0 cm³/mol. The van der Waals surface area contributed by atoms with Crippen molar-refractivity contribution in [3.63, 3.8) is 0 Å². The molecule has 0 amide bonds. The van der Waals surface area contributed by atoms with Gasteiger partial charge in [0, 0.05) is 26.2 Å². The third kappa shape index (κ3) is 5.70. The van der Waals surface area contributed by atoms with E-state index in [1.54, 1.807) is 0 Å². The molecule has 0 radical (unpaired) electrons. The monoisotopic (exact) mass is 230 g/mol. The van der Waals surface area contributed by atoms with Gasteiger partial charge in [0.1, 0.15) is 0 Å². The van der Waals surface area contributed by atoms with Crippen LogP contribution >= 0.6 is 24.8 Å². The van der Waals surface area contributed by atoms with Gasteiger partial charge in [0.2, 0.25) is 0 Å². The van der Waals surface area contributed by atoms with Gasteiger partial charge in [-0.25, -0.2) is 0 Å². The van der Waals surface area contributed by atoms with E-state index in [9.17, 15) is 0 Å². The summed E-state index contributed by atoms with van der Waals surface area (Å²) >= 11 is 0. The molecule has 1 heterocycles. The number of halogens is 2. The zero-order chi connectivity index (χ0) is 8.27. The molecule has 1 aliphatic heterocycles. The first-order valence-electron chi connectivity index (χ1n) is 4.30. The Bertz CT molecular complexity index is 117. The number of nitrogens with zero attached hydrogens (tertiary/aromatic N) is 1. The maximum absolute atomic E-state index is 5.58. The molecule has 0 unspecified atom stereocenters. The molecule has 1 saturated heterocycles. The zero-order valence-electron chi connectivity index (χ0n) is 8.23. The summed E-state index contributed by atoms with van der Waals surface area (Å²) in [6.07, 6.45) is 0.732. The Labute approximate surface area is 92.8 Å². The highest BCUT2D eigenvalue weighted by atomic mass is 35.5. The van der Waals surface area contributed by atoms with Crippen LogP contribution in [-0.4, -0.2) is 43.3 Å². The minimum atomic E-state index is 0. The van der Waals surface area contributed by atoms with E-state index >= 15 is 0 Å². The number of hydrogen-bond donors (Lipinski definition) is 1. The molecule has 82 valence electrons. The van der Waals surface area contributed by atoms with Crippen LogP contribution in [0, 0.1) is 0 Å². The molecule has 0 aromatic heterocycles. The molecule has 2 N–H and O–H groups in total. The van der Waals surface area contributed by atoms with Crippen LogP contribution in [0.2, 0.25) is 0 Å². The third-order valence-electron chi connectivity index (χ3n) is 1.94. The van der Waals surface area contributed by atoms with E-state index in [0.29, 0.717) is 12.2 Å². The second-order valence-electron chi connectivity index (χ2n) is 3.31. The Morgan fingerprint density at radius 2 is 1.69 bits per heavy atom. The Hall–Kier alpha value is 0.460. The van der Waals surface area contributed by atoms with Crippen LogP contribution in [-0.2, 0) is 4.74 Å². The summed E-state index contributed by atoms with van der Waals surface area (Å²) in [6, 6.07) is 0. The normalized spacial score (nSPS) is 28.8. The van der Waals surface area contributed by atoms with E-state index in [4.69, 9.17) is 10.5 Å². The van der Waals surface area contributed by atoms with Gasteiger partial charge in [0.15, 0.2) is 0 Å². The van der Waals surface area contributed by atoms with E-state index in [0.717, 1.165) is 26.2 Å². The van der Waals surface area contributed by atoms with Crippen LogP contribution in [0.15, 0.2) is 0 Å². The molecule has 13 heavy (non-hydrogen) atoms. The molecule has 0 bridgehead atoms. The molecule has 5 heteroatoms. The second kappa shape index (κ2) is 7.83. The Balaban J connectivity index is 0.